The number of carboxylic acids is 1. The minimum absolute atomic E-state index is 0.0553. The van der Waals surface area contributed by atoms with Crippen LogP contribution in [-0.4, -0.2) is 35.3 Å². The van der Waals surface area contributed by atoms with E-state index in [1.807, 2.05) is 0 Å². The first-order chi connectivity index (χ1) is 9.75. The Kier molecular flexibility index (Phi) is 5.80. The molecule has 0 spiro atoms. The number of carboxylic acid groups (broad SMARTS) is 1. The van der Waals surface area contributed by atoms with Gasteiger partial charge < -0.3 is 15.2 Å². The number of nitrogens with one attached hydrogen (secondary N) is 1. The summed E-state index contributed by atoms with van der Waals surface area (Å²) in [5, 5.41) is 12.0. The summed E-state index contributed by atoms with van der Waals surface area (Å²) in [6.07, 6.45) is 7.88. The Morgan fingerprint density at radius 2 is 2.05 bits per heavy atom. The van der Waals surface area contributed by atoms with Gasteiger partial charge in [0.25, 0.3) is 0 Å². The smallest absolute Gasteiger partial charge is 0.354 e. The quantitative estimate of drug-likeness (QED) is 0.618. The van der Waals surface area contributed by atoms with Gasteiger partial charge in [0.2, 0.25) is 0 Å². The molecule has 0 aromatic carbocycles. The summed E-state index contributed by atoms with van der Waals surface area (Å²) >= 11 is 0. The van der Waals surface area contributed by atoms with E-state index in [1.54, 1.807) is 12.1 Å². The van der Waals surface area contributed by atoms with Crippen LogP contribution >= 0.6 is 0 Å². The molecule has 2 N–H and O–H groups in total. The molecule has 1 heterocycles. The van der Waals surface area contributed by atoms with Crippen LogP contribution in [0.15, 0.2) is 18.2 Å². The number of nitrogens with zero attached hydrogens (tertiary/aromatic N) is 1. The molecule has 0 saturated heterocycles. The second-order valence-electron chi connectivity index (χ2n) is 5.12. The fraction of sp³-hybridized carbons (Fsp3) is 0.600. The number of rotatable bonds is 6. The molecule has 0 aliphatic heterocycles. The Morgan fingerprint density at radius 1 is 1.30 bits per heavy atom. The first kappa shape index (κ1) is 14.8. The van der Waals surface area contributed by atoms with Crippen molar-refractivity contribution < 1.29 is 14.6 Å². The summed E-state index contributed by atoms with van der Waals surface area (Å²) in [4.78, 5) is 14.8. The second kappa shape index (κ2) is 7.85. The number of ether oxygens (including phenoxy) is 1. The van der Waals surface area contributed by atoms with Gasteiger partial charge in [-0.25, -0.2) is 9.78 Å². The Labute approximate surface area is 119 Å². The number of carbonyl (C=O) groups is 1. The third-order valence-corrected chi connectivity index (χ3v) is 3.53. The predicted molar refractivity (Wildman–Crippen MR) is 77.1 cm³/mol. The van der Waals surface area contributed by atoms with E-state index in [0.717, 1.165) is 12.8 Å². The highest BCUT2D eigenvalue weighted by Crippen LogP contribution is 2.19. The van der Waals surface area contributed by atoms with Gasteiger partial charge in [-0.2, -0.15) is 0 Å². The fourth-order valence-electron chi connectivity index (χ4n) is 2.47. The summed E-state index contributed by atoms with van der Waals surface area (Å²) in [5.74, 6) is -0.433. The van der Waals surface area contributed by atoms with Crippen LogP contribution in [0.1, 0.15) is 49.0 Å². The molecule has 1 aliphatic rings. The molecule has 5 heteroatoms. The zero-order valence-electron chi connectivity index (χ0n) is 11.7. The highest BCUT2D eigenvalue weighted by atomic mass is 16.5. The molecule has 0 unspecified atom stereocenters. The van der Waals surface area contributed by atoms with Crippen molar-refractivity contribution in [2.24, 2.45) is 0 Å². The van der Waals surface area contributed by atoms with Gasteiger partial charge >= 0.3 is 5.97 Å². The summed E-state index contributed by atoms with van der Waals surface area (Å²) < 4.78 is 5.86. The number of hydrogen-bond donors (Lipinski definition) is 2. The van der Waals surface area contributed by atoms with Gasteiger partial charge in [0.15, 0.2) is 5.69 Å². The number of anilines is 1. The van der Waals surface area contributed by atoms with Crippen LogP contribution in [0.3, 0.4) is 0 Å². The van der Waals surface area contributed by atoms with Crippen LogP contribution in [0.5, 0.6) is 0 Å². The maximum Gasteiger partial charge on any atom is 0.354 e. The summed E-state index contributed by atoms with van der Waals surface area (Å²) in [6, 6.07) is 4.93. The molecule has 0 bridgehead atoms. The Bertz CT molecular complexity index is 429. The first-order valence-electron chi connectivity index (χ1n) is 7.31. The van der Waals surface area contributed by atoms with Gasteiger partial charge in [0.05, 0.1) is 12.7 Å². The molecular formula is C15H22N2O3. The van der Waals surface area contributed by atoms with E-state index in [4.69, 9.17) is 9.84 Å². The first-order valence-corrected chi connectivity index (χ1v) is 7.31. The van der Waals surface area contributed by atoms with Crippen molar-refractivity contribution in [1.82, 2.24) is 4.98 Å². The summed E-state index contributed by atoms with van der Waals surface area (Å²) in [5.41, 5.74) is 0.0553. The summed E-state index contributed by atoms with van der Waals surface area (Å²) in [6.45, 7) is 1.27. The van der Waals surface area contributed by atoms with Crippen LogP contribution < -0.4 is 5.32 Å². The van der Waals surface area contributed by atoms with Gasteiger partial charge in [0, 0.05) is 6.54 Å². The molecule has 5 nitrogen and oxygen atoms in total. The largest absolute Gasteiger partial charge is 0.477 e. The van der Waals surface area contributed by atoms with Crippen molar-refractivity contribution in [3.05, 3.63) is 23.9 Å². The molecule has 1 aromatic heterocycles. The minimum Gasteiger partial charge on any atom is -0.477 e. The van der Waals surface area contributed by atoms with Gasteiger partial charge in [-0.1, -0.05) is 31.7 Å². The van der Waals surface area contributed by atoms with Gasteiger partial charge in [0.1, 0.15) is 5.82 Å². The SMILES string of the molecule is O=C(O)c1cccc(NCCOC2CCCCCC2)n1. The lowest BCUT2D eigenvalue weighted by atomic mass is 10.1. The maximum atomic E-state index is 10.8. The van der Waals surface area contributed by atoms with Crippen molar-refractivity contribution in [3.8, 4) is 0 Å². The van der Waals surface area contributed by atoms with E-state index in [9.17, 15) is 4.79 Å². The Balaban J connectivity index is 1.70. The molecule has 2 rings (SSSR count). The lowest BCUT2D eigenvalue weighted by Crippen LogP contribution is -2.18. The molecule has 1 aromatic rings. The second-order valence-corrected chi connectivity index (χ2v) is 5.12. The average molecular weight is 278 g/mol. The standard InChI is InChI=1S/C15H22N2O3/c18-15(19)13-8-5-9-14(17-13)16-10-11-20-12-6-3-1-2-4-7-12/h5,8-9,12H,1-4,6-7,10-11H2,(H,16,17)(H,18,19). The molecule has 0 atom stereocenters. The van der Waals surface area contributed by atoms with E-state index in [1.165, 1.54) is 31.7 Å². The Morgan fingerprint density at radius 3 is 2.75 bits per heavy atom. The lowest BCUT2D eigenvalue weighted by molar-refractivity contribution is 0.0501. The highest BCUT2D eigenvalue weighted by molar-refractivity contribution is 5.85. The van der Waals surface area contributed by atoms with Crippen LogP contribution in [0, 0.1) is 0 Å². The van der Waals surface area contributed by atoms with Crippen molar-refractivity contribution in [1.29, 1.82) is 0 Å². The minimum atomic E-state index is -1.01. The molecule has 1 saturated carbocycles. The third kappa shape index (κ3) is 4.81. The zero-order valence-corrected chi connectivity index (χ0v) is 11.7. The van der Waals surface area contributed by atoms with Crippen molar-refractivity contribution >= 4 is 11.8 Å². The molecule has 0 amide bonds. The Hall–Kier alpha value is -1.62. The molecule has 0 radical (unpaired) electrons. The van der Waals surface area contributed by atoms with Crippen molar-refractivity contribution in [3.63, 3.8) is 0 Å². The molecular weight excluding hydrogens is 256 g/mol. The topological polar surface area (TPSA) is 71.5 Å². The average Bonchev–Trinajstić information content (AvgIpc) is 2.72. The van der Waals surface area contributed by atoms with E-state index in [-0.39, 0.29) is 5.69 Å². The fourth-order valence-corrected chi connectivity index (χ4v) is 2.47. The molecule has 20 heavy (non-hydrogen) atoms. The van der Waals surface area contributed by atoms with Crippen molar-refractivity contribution in [2.45, 2.75) is 44.6 Å². The molecule has 110 valence electrons. The molecule has 1 aliphatic carbocycles. The number of hydrogen-bond acceptors (Lipinski definition) is 4. The van der Waals surface area contributed by atoms with E-state index >= 15 is 0 Å². The predicted octanol–water partition coefficient (Wildman–Crippen LogP) is 2.93. The van der Waals surface area contributed by atoms with Crippen LogP contribution in [0.4, 0.5) is 5.82 Å². The maximum absolute atomic E-state index is 10.8. The lowest BCUT2D eigenvalue weighted by Gasteiger charge is -2.15. The molecule has 1 fully saturated rings. The normalized spacial score (nSPS) is 16.6. The van der Waals surface area contributed by atoms with E-state index in [0.29, 0.717) is 25.1 Å². The zero-order chi connectivity index (χ0) is 14.2. The van der Waals surface area contributed by atoms with Gasteiger partial charge in [-0.05, 0) is 25.0 Å². The van der Waals surface area contributed by atoms with Crippen LogP contribution in [-0.2, 0) is 4.74 Å². The van der Waals surface area contributed by atoms with Gasteiger partial charge in [-0.3, -0.25) is 0 Å². The monoisotopic (exact) mass is 278 g/mol. The number of pyridine rings is 1. The van der Waals surface area contributed by atoms with Gasteiger partial charge in [-0.15, -0.1) is 0 Å². The van der Waals surface area contributed by atoms with Crippen molar-refractivity contribution in [2.75, 3.05) is 18.5 Å². The highest BCUT2D eigenvalue weighted by Gasteiger charge is 2.12. The number of aromatic nitrogens is 1. The third-order valence-electron chi connectivity index (χ3n) is 3.53. The van der Waals surface area contributed by atoms with Crippen LogP contribution in [0.25, 0.3) is 0 Å². The van der Waals surface area contributed by atoms with Crippen LogP contribution in [0.2, 0.25) is 0 Å². The summed E-state index contributed by atoms with van der Waals surface area (Å²) in [7, 11) is 0. The van der Waals surface area contributed by atoms with E-state index < -0.39 is 5.97 Å². The number of aromatic carboxylic acids is 1. The van der Waals surface area contributed by atoms with E-state index in [2.05, 4.69) is 10.3 Å².